The molecule has 0 saturated heterocycles. The number of urea groups is 1. The molecule has 0 bridgehead atoms. The minimum atomic E-state index is -0.535. The van der Waals surface area contributed by atoms with Crippen molar-refractivity contribution in [2.24, 2.45) is 0 Å². The van der Waals surface area contributed by atoms with Gasteiger partial charge >= 0.3 is 12.1 Å². The Morgan fingerprint density at radius 3 is 2.48 bits per heavy atom. The number of ether oxygens (including phenoxy) is 1. The number of nitrogens with one attached hydrogen (secondary N) is 3. The monoisotopic (exact) mass is 366 g/mol. The van der Waals surface area contributed by atoms with Crippen LogP contribution in [0.4, 0.5) is 21.0 Å². The van der Waals surface area contributed by atoms with Gasteiger partial charge in [0.2, 0.25) is 0 Å². The summed E-state index contributed by atoms with van der Waals surface area (Å²) in [6.45, 7) is 0.336. The number of aromatic nitrogens is 3. The van der Waals surface area contributed by atoms with E-state index in [9.17, 15) is 9.59 Å². The molecular weight excluding hydrogens is 348 g/mol. The van der Waals surface area contributed by atoms with Crippen LogP contribution in [0.2, 0.25) is 0 Å². The number of methoxy groups -OCH3 is 1. The van der Waals surface area contributed by atoms with Gasteiger partial charge in [-0.25, -0.2) is 19.3 Å². The molecule has 1 aromatic carbocycles. The fourth-order valence-electron chi connectivity index (χ4n) is 2.23. The standard InChI is InChI=1S/C18H18N6O3/c1-27-18(26)23-14-5-3-13(4-6-14)11-20-17(25)22-15-7-8-16(19-12-15)24-10-2-9-21-24/h2-10,12H,11H2,1H3,(H,23,26)(H2,20,22,25). The van der Waals surface area contributed by atoms with Crippen LogP contribution in [0.15, 0.2) is 61.1 Å². The zero-order valence-electron chi connectivity index (χ0n) is 14.5. The van der Waals surface area contributed by atoms with Gasteiger partial charge < -0.3 is 15.4 Å². The molecule has 3 N–H and O–H groups in total. The van der Waals surface area contributed by atoms with Crippen molar-refractivity contribution in [1.82, 2.24) is 20.1 Å². The summed E-state index contributed by atoms with van der Waals surface area (Å²) in [5.74, 6) is 0.659. The SMILES string of the molecule is COC(=O)Nc1ccc(CNC(=O)Nc2ccc(-n3cccn3)nc2)cc1. The van der Waals surface area contributed by atoms with Gasteiger partial charge in [-0.15, -0.1) is 0 Å². The maximum atomic E-state index is 12.0. The maximum absolute atomic E-state index is 12.0. The number of carbonyl (C=O) groups excluding carboxylic acids is 2. The minimum absolute atomic E-state index is 0.336. The molecule has 3 amide bonds. The second kappa shape index (κ2) is 8.48. The first kappa shape index (κ1) is 17.9. The Balaban J connectivity index is 1.48. The normalized spacial score (nSPS) is 10.1. The number of carbonyl (C=O) groups is 2. The van der Waals surface area contributed by atoms with E-state index in [1.54, 1.807) is 65.7 Å². The molecular formula is C18H18N6O3. The van der Waals surface area contributed by atoms with Crippen LogP contribution in [0, 0.1) is 0 Å². The summed E-state index contributed by atoms with van der Waals surface area (Å²) in [7, 11) is 1.30. The molecule has 0 spiro atoms. The second-order valence-corrected chi connectivity index (χ2v) is 5.48. The fourth-order valence-corrected chi connectivity index (χ4v) is 2.23. The Kier molecular flexibility index (Phi) is 5.63. The van der Waals surface area contributed by atoms with Crippen LogP contribution >= 0.6 is 0 Å². The van der Waals surface area contributed by atoms with Gasteiger partial charge in [-0.1, -0.05) is 12.1 Å². The van der Waals surface area contributed by atoms with Crippen LogP contribution in [0.3, 0.4) is 0 Å². The largest absolute Gasteiger partial charge is 0.453 e. The van der Waals surface area contributed by atoms with Gasteiger partial charge in [0.05, 0.1) is 19.0 Å². The van der Waals surface area contributed by atoms with Crippen LogP contribution < -0.4 is 16.0 Å². The number of nitrogens with zero attached hydrogens (tertiary/aromatic N) is 3. The third-order valence-corrected chi connectivity index (χ3v) is 3.58. The van der Waals surface area contributed by atoms with Crippen molar-refractivity contribution in [3.63, 3.8) is 0 Å². The van der Waals surface area contributed by atoms with Crippen LogP contribution in [0.1, 0.15) is 5.56 Å². The molecule has 0 aliphatic heterocycles. The highest BCUT2D eigenvalue weighted by atomic mass is 16.5. The Labute approximate surface area is 155 Å². The third kappa shape index (κ3) is 5.05. The van der Waals surface area contributed by atoms with Crippen LogP contribution in [-0.4, -0.2) is 34.0 Å². The van der Waals surface area contributed by atoms with Crippen molar-refractivity contribution in [3.05, 3.63) is 66.6 Å². The smallest absolute Gasteiger partial charge is 0.411 e. The molecule has 0 saturated carbocycles. The predicted molar refractivity (Wildman–Crippen MR) is 99.7 cm³/mol. The van der Waals surface area contributed by atoms with Gasteiger partial charge in [0.15, 0.2) is 5.82 Å². The van der Waals surface area contributed by atoms with Crippen molar-refractivity contribution in [2.75, 3.05) is 17.7 Å². The Bertz CT molecular complexity index is 892. The quantitative estimate of drug-likeness (QED) is 0.643. The molecule has 2 heterocycles. The van der Waals surface area contributed by atoms with E-state index in [2.05, 4.69) is 30.8 Å². The molecule has 0 unspecified atom stereocenters. The van der Waals surface area contributed by atoms with E-state index in [0.29, 0.717) is 23.7 Å². The summed E-state index contributed by atoms with van der Waals surface area (Å²) in [5.41, 5.74) is 2.06. The average Bonchev–Trinajstić information content (AvgIpc) is 3.23. The number of anilines is 2. The minimum Gasteiger partial charge on any atom is -0.453 e. The zero-order valence-corrected chi connectivity index (χ0v) is 14.5. The summed E-state index contributed by atoms with van der Waals surface area (Å²) in [6.07, 6.45) is 4.48. The second-order valence-electron chi connectivity index (χ2n) is 5.48. The van der Waals surface area contributed by atoms with Gasteiger partial charge in [0, 0.05) is 24.6 Å². The van der Waals surface area contributed by atoms with Gasteiger partial charge in [-0.05, 0) is 35.9 Å². The van der Waals surface area contributed by atoms with Crippen molar-refractivity contribution in [3.8, 4) is 5.82 Å². The number of hydrogen-bond acceptors (Lipinski definition) is 5. The summed E-state index contributed by atoms with van der Waals surface area (Å²) in [6, 6.07) is 12.0. The van der Waals surface area contributed by atoms with Crippen LogP contribution in [-0.2, 0) is 11.3 Å². The van der Waals surface area contributed by atoms with E-state index >= 15 is 0 Å². The summed E-state index contributed by atoms with van der Waals surface area (Å²) in [4.78, 5) is 27.4. The molecule has 9 nitrogen and oxygen atoms in total. The number of amides is 3. The Morgan fingerprint density at radius 2 is 1.85 bits per heavy atom. The number of pyridine rings is 1. The van der Waals surface area contributed by atoms with E-state index in [4.69, 9.17) is 0 Å². The van der Waals surface area contributed by atoms with Crippen molar-refractivity contribution < 1.29 is 14.3 Å². The molecule has 3 rings (SSSR count). The highest BCUT2D eigenvalue weighted by Gasteiger charge is 2.04. The van der Waals surface area contributed by atoms with E-state index in [-0.39, 0.29) is 6.03 Å². The van der Waals surface area contributed by atoms with Gasteiger partial charge in [-0.2, -0.15) is 5.10 Å². The first-order chi connectivity index (χ1) is 13.1. The molecule has 0 aliphatic rings. The van der Waals surface area contributed by atoms with Gasteiger partial charge in [-0.3, -0.25) is 5.32 Å². The molecule has 0 fully saturated rings. The average molecular weight is 366 g/mol. The molecule has 2 aromatic heterocycles. The molecule has 0 radical (unpaired) electrons. The molecule has 3 aromatic rings. The molecule has 0 atom stereocenters. The van der Waals surface area contributed by atoms with E-state index in [1.165, 1.54) is 7.11 Å². The zero-order chi connectivity index (χ0) is 19.1. The van der Waals surface area contributed by atoms with E-state index in [1.807, 2.05) is 0 Å². The van der Waals surface area contributed by atoms with Crippen LogP contribution in [0.5, 0.6) is 0 Å². The lowest BCUT2D eigenvalue weighted by molar-refractivity contribution is 0.187. The third-order valence-electron chi connectivity index (χ3n) is 3.58. The first-order valence-electron chi connectivity index (χ1n) is 8.09. The Hall–Kier alpha value is -3.88. The molecule has 138 valence electrons. The fraction of sp³-hybridized carbons (Fsp3) is 0.111. The van der Waals surface area contributed by atoms with Crippen molar-refractivity contribution in [1.29, 1.82) is 0 Å². The lowest BCUT2D eigenvalue weighted by Crippen LogP contribution is -2.28. The highest BCUT2D eigenvalue weighted by molar-refractivity contribution is 5.89. The summed E-state index contributed by atoms with van der Waals surface area (Å²) in [5, 5.41) is 12.1. The number of rotatable bonds is 5. The lowest BCUT2D eigenvalue weighted by atomic mass is 10.2. The molecule has 0 aliphatic carbocycles. The molecule has 9 heteroatoms. The maximum Gasteiger partial charge on any atom is 0.411 e. The van der Waals surface area contributed by atoms with E-state index < -0.39 is 6.09 Å². The number of hydrogen-bond donors (Lipinski definition) is 3. The van der Waals surface area contributed by atoms with Crippen LogP contribution in [0.25, 0.3) is 5.82 Å². The number of benzene rings is 1. The first-order valence-corrected chi connectivity index (χ1v) is 8.09. The van der Waals surface area contributed by atoms with Gasteiger partial charge in [0.25, 0.3) is 0 Å². The molecule has 27 heavy (non-hydrogen) atoms. The Morgan fingerprint density at radius 1 is 1.07 bits per heavy atom. The summed E-state index contributed by atoms with van der Waals surface area (Å²) < 4.78 is 6.15. The van der Waals surface area contributed by atoms with E-state index in [0.717, 1.165) is 5.56 Å². The van der Waals surface area contributed by atoms with Crippen molar-refractivity contribution >= 4 is 23.5 Å². The predicted octanol–water partition coefficient (Wildman–Crippen LogP) is 2.77. The summed E-state index contributed by atoms with van der Waals surface area (Å²) >= 11 is 0. The van der Waals surface area contributed by atoms with Crippen molar-refractivity contribution in [2.45, 2.75) is 6.54 Å². The highest BCUT2D eigenvalue weighted by Crippen LogP contribution is 2.11. The van der Waals surface area contributed by atoms with Gasteiger partial charge in [0.1, 0.15) is 0 Å². The topological polar surface area (TPSA) is 110 Å². The lowest BCUT2D eigenvalue weighted by Gasteiger charge is -2.09.